The summed E-state index contributed by atoms with van der Waals surface area (Å²) in [6, 6.07) is 0. The summed E-state index contributed by atoms with van der Waals surface area (Å²) in [6.45, 7) is 7.01. The van der Waals surface area contributed by atoms with E-state index in [1.807, 2.05) is 6.92 Å². The highest BCUT2D eigenvalue weighted by atomic mass is 32.2. The predicted molar refractivity (Wildman–Crippen MR) is 61.8 cm³/mol. The third-order valence-corrected chi connectivity index (χ3v) is 4.12. The molecule has 0 saturated heterocycles. The summed E-state index contributed by atoms with van der Waals surface area (Å²) in [5, 5.41) is 13.9. The molecule has 0 aliphatic heterocycles. The first-order chi connectivity index (χ1) is 6.82. The molecule has 5 heteroatoms. The Kier molecular flexibility index (Phi) is 6.09. The normalized spacial score (nSPS) is 18.1. The zero-order chi connectivity index (χ0) is 12.1. The van der Waals surface area contributed by atoms with E-state index in [9.17, 15) is 13.5 Å². The highest BCUT2D eigenvalue weighted by Gasteiger charge is 2.27. The molecule has 0 aromatic carbocycles. The van der Waals surface area contributed by atoms with Gasteiger partial charge in [-0.2, -0.15) is 0 Å². The Morgan fingerprint density at radius 1 is 1.53 bits per heavy atom. The van der Waals surface area contributed by atoms with E-state index in [0.29, 0.717) is 19.3 Å². The zero-order valence-electron chi connectivity index (χ0n) is 9.39. The molecule has 4 nitrogen and oxygen atoms in total. The van der Waals surface area contributed by atoms with E-state index in [0.717, 1.165) is 0 Å². The molecule has 0 aliphatic rings. The molecule has 0 radical (unpaired) electrons. The lowest BCUT2D eigenvalue weighted by Crippen LogP contribution is -2.34. The minimum atomic E-state index is -3.54. The van der Waals surface area contributed by atoms with Crippen molar-refractivity contribution in [1.29, 1.82) is 0 Å². The van der Waals surface area contributed by atoms with Crippen molar-refractivity contribution in [2.75, 3.05) is 0 Å². The Bertz CT molecular complexity index is 287. The molecule has 3 N–H and O–H groups in total. The molecule has 0 unspecified atom stereocenters. The number of nitrogens with two attached hydrogens (primary N) is 1. The second kappa shape index (κ2) is 6.25. The summed E-state index contributed by atoms with van der Waals surface area (Å²) >= 11 is 0. The predicted octanol–water partition coefficient (Wildman–Crippen LogP) is 1.02. The summed E-state index contributed by atoms with van der Waals surface area (Å²) in [7, 11) is -3.54. The van der Waals surface area contributed by atoms with Gasteiger partial charge in [0.1, 0.15) is 0 Å². The average molecular weight is 235 g/mol. The molecule has 0 spiro atoms. The van der Waals surface area contributed by atoms with Gasteiger partial charge >= 0.3 is 0 Å². The molecule has 0 fully saturated rings. The molecule has 0 aromatic rings. The summed E-state index contributed by atoms with van der Waals surface area (Å²) in [6.07, 6.45) is 2.80. The van der Waals surface area contributed by atoms with Gasteiger partial charge in [0.15, 0.2) is 0 Å². The van der Waals surface area contributed by atoms with Crippen molar-refractivity contribution in [2.24, 2.45) is 11.1 Å². The Hall–Kier alpha value is -0.390. The molecular formula is C10H21NO3S. The van der Waals surface area contributed by atoms with Gasteiger partial charge < -0.3 is 5.11 Å². The van der Waals surface area contributed by atoms with Crippen LogP contribution in [0.4, 0.5) is 0 Å². The van der Waals surface area contributed by atoms with Gasteiger partial charge in [-0.1, -0.05) is 13.0 Å². The van der Waals surface area contributed by atoms with Crippen molar-refractivity contribution >= 4 is 10.0 Å². The van der Waals surface area contributed by atoms with Gasteiger partial charge in [0.25, 0.3) is 0 Å². The number of rotatable bonds is 7. The topological polar surface area (TPSA) is 80.4 Å². The van der Waals surface area contributed by atoms with Gasteiger partial charge in [-0.05, 0) is 32.1 Å². The monoisotopic (exact) mass is 235 g/mol. The summed E-state index contributed by atoms with van der Waals surface area (Å²) < 4.78 is 22.4. The summed E-state index contributed by atoms with van der Waals surface area (Å²) in [5.41, 5.74) is 0. The van der Waals surface area contributed by atoms with Crippen molar-refractivity contribution in [2.45, 2.75) is 44.5 Å². The molecule has 0 amide bonds. The molecule has 15 heavy (non-hydrogen) atoms. The molecule has 90 valence electrons. The first-order valence-electron chi connectivity index (χ1n) is 5.13. The van der Waals surface area contributed by atoms with E-state index in [2.05, 4.69) is 6.58 Å². The van der Waals surface area contributed by atoms with Crippen LogP contribution in [0.25, 0.3) is 0 Å². The summed E-state index contributed by atoms with van der Waals surface area (Å²) in [5.74, 6) is -0.160. The minimum Gasteiger partial charge on any atom is -0.393 e. The van der Waals surface area contributed by atoms with Crippen LogP contribution in [-0.2, 0) is 10.0 Å². The maximum absolute atomic E-state index is 11.2. The number of hydrogen-bond donors (Lipinski definition) is 2. The average Bonchev–Trinajstić information content (AvgIpc) is 2.14. The third kappa shape index (κ3) is 5.30. The van der Waals surface area contributed by atoms with Gasteiger partial charge in [-0.3, -0.25) is 0 Å². The van der Waals surface area contributed by atoms with Crippen LogP contribution in [0.1, 0.15) is 33.1 Å². The number of aliphatic hydroxyl groups is 1. The molecule has 0 heterocycles. The van der Waals surface area contributed by atoms with Crippen LogP contribution in [0.2, 0.25) is 0 Å². The lowest BCUT2D eigenvalue weighted by Gasteiger charge is -2.23. The second-order valence-corrected chi connectivity index (χ2v) is 5.80. The number of hydrogen-bond acceptors (Lipinski definition) is 3. The molecule has 0 rings (SSSR count). The van der Waals surface area contributed by atoms with Crippen LogP contribution >= 0.6 is 0 Å². The number of primary sulfonamides is 1. The van der Waals surface area contributed by atoms with Crippen molar-refractivity contribution in [1.82, 2.24) is 0 Å². The van der Waals surface area contributed by atoms with E-state index in [-0.39, 0.29) is 5.92 Å². The lowest BCUT2D eigenvalue weighted by molar-refractivity contribution is 0.138. The van der Waals surface area contributed by atoms with Crippen LogP contribution in [0.5, 0.6) is 0 Å². The Morgan fingerprint density at radius 2 is 2.07 bits per heavy atom. The fourth-order valence-electron chi connectivity index (χ4n) is 1.48. The van der Waals surface area contributed by atoms with Crippen LogP contribution in [-0.4, -0.2) is 24.9 Å². The lowest BCUT2D eigenvalue weighted by atomic mass is 9.94. The SMILES string of the molecule is C=CC[C@@H](C[C@@H](O)CC)[C@@H](C)S(N)(=O)=O. The molecule has 0 aromatic heterocycles. The van der Waals surface area contributed by atoms with Crippen molar-refractivity contribution in [3.8, 4) is 0 Å². The maximum atomic E-state index is 11.2. The Labute approximate surface area is 92.2 Å². The van der Waals surface area contributed by atoms with Gasteiger partial charge in [-0.15, -0.1) is 6.58 Å². The van der Waals surface area contributed by atoms with Gasteiger partial charge in [0.2, 0.25) is 10.0 Å². The van der Waals surface area contributed by atoms with Crippen molar-refractivity contribution < 1.29 is 13.5 Å². The quantitative estimate of drug-likeness (QED) is 0.646. The fourth-order valence-corrected chi connectivity index (χ4v) is 2.24. The smallest absolute Gasteiger partial charge is 0.211 e. The highest BCUT2D eigenvalue weighted by molar-refractivity contribution is 7.89. The first-order valence-corrected chi connectivity index (χ1v) is 6.74. The standard InChI is InChI=1S/C10H21NO3S/c1-4-6-9(7-10(12)5-2)8(3)15(11,13)14/h4,8-10,12H,1,5-7H2,2-3H3,(H2,11,13,14)/t8-,9+,10+/m1/s1. The Balaban J connectivity index is 4.58. The zero-order valence-corrected chi connectivity index (χ0v) is 10.2. The molecule has 3 atom stereocenters. The van der Waals surface area contributed by atoms with E-state index in [1.165, 1.54) is 0 Å². The van der Waals surface area contributed by atoms with E-state index in [4.69, 9.17) is 5.14 Å². The van der Waals surface area contributed by atoms with Gasteiger partial charge in [-0.25, -0.2) is 13.6 Å². The van der Waals surface area contributed by atoms with E-state index < -0.39 is 21.4 Å². The number of aliphatic hydroxyl groups excluding tert-OH is 1. The second-order valence-electron chi connectivity index (χ2n) is 3.88. The third-order valence-electron chi connectivity index (χ3n) is 2.70. The van der Waals surface area contributed by atoms with Crippen molar-refractivity contribution in [3.05, 3.63) is 12.7 Å². The fraction of sp³-hybridized carbons (Fsp3) is 0.800. The summed E-state index contributed by atoms with van der Waals surface area (Å²) in [4.78, 5) is 0. The van der Waals surface area contributed by atoms with Crippen molar-refractivity contribution in [3.63, 3.8) is 0 Å². The minimum absolute atomic E-state index is 0.160. The molecule has 0 bridgehead atoms. The largest absolute Gasteiger partial charge is 0.393 e. The molecule has 0 aliphatic carbocycles. The van der Waals surface area contributed by atoms with Crippen LogP contribution in [0.15, 0.2) is 12.7 Å². The Morgan fingerprint density at radius 3 is 2.40 bits per heavy atom. The maximum Gasteiger partial charge on any atom is 0.211 e. The van der Waals surface area contributed by atoms with E-state index >= 15 is 0 Å². The number of allylic oxidation sites excluding steroid dienone is 1. The highest BCUT2D eigenvalue weighted by Crippen LogP contribution is 2.21. The van der Waals surface area contributed by atoms with Gasteiger partial charge in [0, 0.05) is 0 Å². The van der Waals surface area contributed by atoms with Crippen LogP contribution in [0.3, 0.4) is 0 Å². The van der Waals surface area contributed by atoms with Crippen LogP contribution < -0.4 is 5.14 Å². The van der Waals surface area contributed by atoms with E-state index in [1.54, 1.807) is 13.0 Å². The first kappa shape index (κ1) is 14.6. The van der Waals surface area contributed by atoms with Gasteiger partial charge in [0.05, 0.1) is 11.4 Å². The molecule has 0 saturated carbocycles. The molecular weight excluding hydrogens is 214 g/mol. The number of sulfonamides is 1. The van der Waals surface area contributed by atoms with Crippen LogP contribution in [0, 0.1) is 5.92 Å².